The molecule has 3 fully saturated rings. The summed E-state index contributed by atoms with van der Waals surface area (Å²) in [7, 11) is 0. The van der Waals surface area contributed by atoms with E-state index in [4.69, 9.17) is 4.74 Å². The Hall–Kier alpha value is -1.11. The molecule has 132 valence electrons. The Labute approximate surface area is 148 Å². The van der Waals surface area contributed by atoms with Gasteiger partial charge in [0, 0.05) is 50.8 Å². The Morgan fingerprint density at radius 1 is 1.38 bits per heavy atom. The summed E-state index contributed by atoms with van der Waals surface area (Å²) in [5.74, 6) is 0.580. The molecule has 6 heteroatoms. The number of nitrogens with zero attached hydrogens (tertiary/aromatic N) is 2. The topological polar surface area (TPSA) is 44.8 Å². The average Bonchev–Trinajstić information content (AvgIpc) is 3.28. The molecule has 0 bridgehead atoms. The van der Waals surface area contributed by atoms with Crippen LogP contribution < -0.4 is 5.32 Å². The number of ether oxygens (including phenoxy) is 1. The molecule has 4 rings (SSSR count). The van der Waals surface area contributed by atoms with Gasteiger partial charge in [0.1, 0.15) is 0 Å². The van der Waals surface area contributed by atoms with Crippen LogP contribution in [-0.4, -0.2) is 60.8 Å². The average molecular weight is 350 g/mol. The van der Waals surface area contributed by atoms with Gasteiger partial charge in [-0.25, -0.2) is 4.79 Å². The maximum Gasteiger partial charge on any atom is 0.317 e. The second-order valence-corrected chi connectivity index (χ2v) is 8.37. The molecule has 0 aliphatic carbocycles. The van der Waals surface area contributed by atoms with Crippen LogP contribution in [0.2, 0.25) is 0 Å². The molecule has 3 aliphatic rings. The fraction of sp³-hybridized carbons (Fsp3) is 0.722. The first-order chi connectivity index (χ1) is 11.8. The number of nitrogens with one attached hydrogen (secondary N) is 1. The predicted octanol–water partition coefficient (Wildman–Crippen LogP) is 2.53. The van der Waals surface area contributed by atoms with Crippen LogP contribution >= 0.6 is 11.3 Å². The number of carbonyl (C=O) groups is 1. The normalized spacial score (nSPS) is 26.0. The van der Waals surface area contributed by atoms with Gasteiger partial charge in [0.05, 0.1) is 5.60 Å². The van der Waals surface area contributed by atoms with E-state index in [0.717, 1.165) is 71.6 Å². The Kier molecular flexibility index (Phi) is 4.79. The zero-order chi connectivity index (χ0) is 16.4. The van der Waals surface area contributed by atoms with E-state index in [1.165, 1.54) is 4.88 Å². The minimum atomic E-state index is 0.0512. The van der Waals surface area contributed by atoms with E-state index in [1.807, 2.05) is 16.2 Å². The third-order valence-corrected chi connectivity index (χ3v) is 6.57. The molecule has 5 nitrogen and oxygen atoms in total. The molecular weight excluding hydrogens is 322 g/mol. The summed E-state index contributed by atoms with van der Waals surface area (Å²) < 4.78 is 6.13. The molecular formula is C18H27N3O2S. The van der Waals surface area contributed by atoms with Gasteiger partial charge >= 0.3 is 6.03 Å². The molecule has 0 radical (unpaired) electrons. The van der Waals surface area contributed by atoms with Crippen LogP contribution in [0.25, 0.3) is 0 Å². The highest BCUT2D eigenvalue weighted by Crippen LogP contribution is 2.42. The Morgan fingerprint density at radius 3 is 2.96 bits per heavy atom. The molecule has 1 N–H and O–H groups in total. The number of urea groups is 1. The molecule has 1 aromatic heterocycles. The molecule has 0 saturated carbocycles. The van der Waals surface area contributed by atoms with Crippen LogP contribution in [-0.2, 0) is 11.3 Å². The van der Waals surface area contributed by atoms with Crippen molar-refractivity contribution in [1.82, 2.24) is 15.1 Å². The van der Waals surface area contributed by atoms with Gasteiger partial charge in [-0.2, -0.15) is 0 Å². The van der Waals surface area contributed by atoms with Gasteiger partial charge in [0.25, 0.3) is 0 Å². The van der Waals surface area contributed by atoms with Gasteiger partial charge in [0.2, 0.25) is 0 Å². The van der Waals surface area contributed by atoms with E-state index in [-0.39, 0.29) is 11.6 Å². The number of carbonyl (C=O) groups excluding carboxylic acids is 1. The first-order valence-corrected chi connectivity index (χ1v) is 10.0. The predicted molar refractivity (Wildman–Crippen MR) is 95.2 cm³/mol. The third-order valence-electron chi connectivity index (χ3n) is 5.70. The van der Waals surface area contributed by atoms with E-state index >= 15 is 0 Å². The van der Waals surface area contributed by atoms with Crippen molar-refractivity contribution in [2.75, 3.05) is 39.3 Å². The summed E-state index contributed by atoms with van der Waals surface area (Å²) in [6.45, 7) is 6.60. The van der Waals surface area contributed by atoms with Crippen molar-refractivity contribution in [2.24, 2.45) is 5.92 Å². The molecule has 0 aromatic carbocycles. The van der Waals surface area contributed by atoms with Crippen molar-refractivity contribution in [1.29, 1.82) is 0 Å². The standard InChI is InChI=1S/C18H27N3O2S/c22-17(21-8-1-2-9-21)19-7-5-15-6-10-23-18(15)13-20(14-18)12-16-4-3-11-24-16/h3-4,11,15H,1-2,5-10,12-14H2,(H,19,22). The second-order valence-electron chi connectivity index (χ2n) is 7.34. The van der Waals surface area contributed by atoms with Crippen LogP contribution in [0.1, 0.15) is 30.6 Å². The van der Waals surface area contributed by atoms with Crippen molar-refractivity contribution in [3.8, 4) is 0 Å². The number of hydrogen-bond acceptors (Lipinski definition) is 4. The molecule has 4 heterocycles. The van der Waals surface area contributed by atoms with Crippen LogP contribution in [0.15, 0.2) is 17.5 Å². The lowest BCUT2D eigenvalue weighted by molar-refractivity contribution is -0.136. The van der Waals surface area contributed by atoms with Crippen molar-refractivity contribution in [2.45, 2.75) is 37.8 Å². The van der Waals surface area contributed by atoms with E-state index in [2.05, 4.69) is 27.7 Å². The van der Waals surface area contributed by atoms with Crippen LogP contribution in [0, 0.1) is 5.92 Å². The maximum atomic E-state index is 12.1. The summed E-state index contributed by atoms with van der Waals surface area (Å²) >= 11 is 1.83. The summed E-state index contributed by atoms with van der Waals surface area (Å²) in [6, 6.07) is 4.44. The number of hydrogen-bond donors (Lipinski definition) is 1. The van der Waals surface area contributed by atoms with Gasteiger partial charge in [-0.3, -0.25) is 4.90 Å². The van der Waals surface area contributed by atoms with Crippen LogP contribution in [0.3, 0.4) is 0 Å². The summed E-state index contributed by atoms with van der Waals surface area (Å²) in [5, 5.41) is 5.25. The molecule has 1 spiro atoms. The monoisotopic (exact) mass is 349 g/mol. The number of likely N-dealkylation sites (tertiary alicyclic amines) is 2. The maximum absolute atomic E-state index is 12.1. The second kappa shape index (κ2) is 7.02. The molecule has 2 amide bonds. The minimum absolute atomic E-state index is 0.0512. The Morgan fingerprint density at radius 2 is 2.21 bits per heavy atom. The van der Waals surface area contributed by atoms with Gasteiger partial charge in [-0.1, -0.05) is 6.07 Å². The van der Waals surface area contributed by atoms with Crippen molar-refractivity contribution in [3.05, 3.63) is 22.4 Å². The molecule has 1 aromatic rings. The first-order valence-electron chi connectivity index (χ1n) is 9.17. The van der Waals surface area contributed by atoms with Gasteiger partial charge < -0.3 is 15.0 Å². The smallest absolute Gasteiger partial charge is 0.317 e. The summed E-state index contributed by atoms with van der Waals surface area (Å²) in [6.07, 6.45) is 4.46. The molecule has 3 aliphatic heterocycles. The highest BCUT2D eigenvalue weighted by Gasteiger charge is 2.52. The van der Waals surface area contributed by atoms with Crippen LogP contribution in [0.4, 0.5) is 4.79 Å². The Balaban J connectivity index is 1.22. The van der Waals surface area contributed by atoms with E-state index in [1.54, 1.807) is 0 Å². The SMILES string of the molecule is O=C(NCCC1CCOC12CN(Cc1cccs1)C2)N1CCCC1. The highest BCUT2D eigenvalue weighted by molar-refractivity contribution is 7.09. The van der Waals surface area contributed by atoms with E-state index in [0.29, 0.717) is 5.92 Å². The summed E-state index contributed by atoms with van der Waals surface area (Å²) in [4.78, 5) is 17.9. The quantitative estimate of drug-likeness (QED) is 0.888. The lowest BCUT2D eigenvalue weighted by Gasteiger charge is -2.50. The molecule has 3 saturated heterocycles. The van der Waals surface area contributed by atoms with E-state index < -0.39 is 0 Å². The first kappa shape index (κ1) is 16.4. The van der Waals surface area contributed by atoms with Gasteiger partial charge in [-0.05, 0) is 43.0 Å². The lowest BCUT2D eigenvalue weighted by atomic mass is 9.79. The molecule has 1 atom stereocenters. The molecule has 1 unspecified atom stereocenters. The van der Waals surface area contributed by atoms with Crippen molar-refractivity contribution < 1.29 is 9.53 Å². The summed E-state index contributed by atoms with van der Waals surface area (Å²) in [5.41, 5.74) is 0.0512. The van der Waals surface area contributed by atoms with Crippen molar-refractivity contribution in [3.63, 3.8) is 0 Å². The number of rotatable bonds is 5. The van der Waals surface area contributed by atoms with Crippen LogP contribution in [0.5, 0.6) is 0 Å². The zero-order valence-electron chi connectivity index (χ0n) is 14.2. The number of amides is 2. The van der Waals surface area contributed by atoms with E-state index in [9.17, 15) is 4.79 Å². The minimum Gasteiger partial charge on any atom is -0.372 e. The third kappa shape index (κ3) is 3.32. The fourth-order valence-corrected chi connectivity index (χ4v) is 5.12. The lowest BCUT2D eigenvalue weighted by Crippen LogP contribution is -2.64. The molecule has 24 heavy (non-hydrogen) atoms. The number of thiophene rings is 1. The zero-order valence-corrected chi connectivity index (χ0v) is 15.0. The largest absolute Gasteiger partial charge is 0.372 e. The van der Waals surface area contributed by atoms with Gasteiger partial charge in [-0.15, -0.1) is 11.3 Å². The fourth-order valence-electron chi connectivity index (χ4n) is 4.37. The highest BCUT2D eigenvalue weighted by atomic mass is 32.1. The van der Waals surface area contributed by atoms with Gasteiger partial charge in [0.15, 0.2) is 0 Å². The Bertz CT molecular complexity index is 551. The van der Waals surface area contributed by atoms with Crippen molar-refractivity contribution >= 4 is 17.4 Å².